The van der Waals surface area contributed by atoms with Gasteiger partial charge >= 0.3 is 0 Å². The third-order valence-electron chi connectivity index (χ3n) is 2.82. The minimum Gasteiger partial charge on any atom is -0.241 e. The lowest BCUT2D eigenvalue weighted by Crippen LogP contribution is -1.89. The number of aromatic nitrogens is 5. The molecule has 6 heteroatoms. The number of nitrogens with zero attached hydrogens (tertiary/aromatic N) is 5. The van der Waals surface area contributed by atoms with E-state index in [1.54, 1.807) is 12.4 Å². The standard InChI is InChI=1S/C13H6N5S/c1-2-8-3-4-10(16-12(8)14-6-1)9-5-7-15-13-11(9)17-18-19-13/h1-4,6-7H. The summed E-state index contributed by atoms with van der Waals surface area (Å²) in [4.78, 5) is 13.8. The van der Waals surface area contributed by atoms with Crippen LogP contribution in [0.1, 0.15) is 0 Å². The van der Waals surface area contributed by atoms with E-state index in [1.807, 2.05) is 24.3 Å². The largest absolute Gasteiger partial charge is 0.241 e. The number of fused-ring (bicyclic) bond motifs is 2. The van der Waals surface area contributed by atoms with Crippen molar-refractivity contribution in [2.75, 3.05) is 0 Å². The van der Waals surface area contributed by atoms with Gasteiger partial charge in [0, 0.05) is 40.9 Å². The van der Waals surface area contributed by atoms with Crippen molar-refractivity contribution in [1.29, 1.82) is 0 Å². The molecule has 5 nitrogen and oxygen atoms in total. The number of hydrogen-bond acceptors (Lipinski definition) is 6. The van der Waals surface area contributed by atoms with Crippen LogP contribution in [0.5, 0.6) is 0 Å². The highest BCUT2D eigenvalue weighted by atomic mass is 32.1. The Hall–Kier alpha value is -2.47. The lowest BCUT2D eigenvalue weighted by molar-refractivity contribution is 1.19. The van der Waals surface area contributed by atoms with Crippen molar-refractivity contribution in [1.82, 2.24) is 24.5 Å². The van der Waals surface area contributed by atoms with Gasteiger partial charge in [-0.1, -0.05) is 4.49 Å². The van der Waals surface area contributed by atoms with Crippen LogP contribution in [0.4, 0.5) is 0 Å². The van der Waals surface area contributed by atoms with Gasteiger partial charge in [-0.25, -0.2) is 15.0 Å². The first-order valence-electron chi connectivity index (χ1n) is 5.63. The van der Waals surface area contributed by atoms with Gasteiger partial charge in [0.15, 0.2) is 10.5 Å². The maximum absolute atomic E-state index is 4.54. The molecule has 4 rings (SSSR count). The Morgan fingerprint density at radius 3 is 3.11 bits per heavy atom. The van der Waals surface area contributed by atoms with Crippen molar-refractivity contribution in [3.05, 3.63) is 42.7 Å². The van der Waals surface area contributed by atoms with Gasteiger partial charge in [0.1, 0.15) is 5.52 Å². The third-order valence-corrected chi connectivity index (χ3v) is 3.45. The average Bonchev–Trinajstić information content (AvgIpc) is 2.95. The summed E-state index contributed by atoms with van der Waals surface area (Å²) in [5, 5.41) is 5.10. The topological polar surface area (TPSA) is 64.5 Å². The summed E-state index contributed by atoms with van der Waals surface area (Å²) < 4.78 is 3.92. The van der Waals surface area contributed by atoms with Crippen molar-refractivity contribution < 1.29 is 0 Å². The van der Waals surface area contributed by atoms with Gasteiger partial charge in [-0.05, 0) is 24.3 Å². The van der Waals surface area contributed by atoms with E-state index in [-0.39, 0.29) is 0 Å². The fraction of sp³-hybridized carbons (Fsp3) is 0. The van der Waals surface area contributed by atoms with Gasteiger partial charge in [-0.15, -0.1) is 5.10 Å². The van der Waals surface area contributed by atoms with E-state index in [0.29, 0.717) is 5.65 Å². The molecule has 0 fully saturated rings. The fourth-order valence-electron chi connectivity index (χ4n) is 1.94. The number of pyridine rings is 3. The van der Waals surface area contributed by atoms with Gasteiger partial charge in [-0.2, -0.15) is 0 Å². The molecule has 0 aromatic carbocycles. The minimum absolute atomic E-state index is 0.710. The highest BCUT2D eigenvalue weighted by Crippen LogP contribution is 2.26. The molecule has 0 aliphatic carbocycles. The summed E-state index contributed by atoms with van der Waals surface area (Å²) in [7, 11) is 0. The predicted molar refractivity (Wildman–Crippen MR) is 72.6 cm³/mol. The molecule has 0 aliphatic heterocycles. The molecule has 19 heavy (non-hydrogen) atoms. The van der Waals surface area contributed by atoms with Crippen LogP contribution in [0.15, 0.2) is 36.7 Å². The van der Waals surface area contributed by atoms with E-state index in [4.69, 9.17) is 0 Å². The second-order valence-electron chi connectivity index (χ2n) is 3.95. The van der Waals surface area contributed by atoms with E-state index >= 15 is 0 Å². The Balaban J connectivity index is 2.01. The van der Waals surface area contributed by atoms with Gasteiger partial charge in [0.2, 0.25) is 0 Å². The van der Waals surface area contributed by atoms with Crippen LogP contribution >= 0.6 is 11.5 Å². The van der Waals surface area contributed by atoms with Crippen LogP contribution in [-0.2, 0) is 0 Å². The van der Waals surface area contributed by atoms with Crippen LogP contribution in [0, 0.1) is 6.07 Å². The van der Waals surface area contributed by atoms with Gasteiger partial charge in [0.25, 0.3) is 0 Å². The molecule has 1 radical (unpaired) electrons. The van der Waals surface area contributed by atoms with Crippen LogP contribution in [0.25, 0.3) is 32.6 Å². The second-order valence-corrected chi connectivity index (χ2v) is 4.68. The monoisotopic (exact) mass is 264 g/mol. The Morgan fingerprint density at radius 2 is 2.11 bits per heavy atom. The maximum Gasteiger partial charge on any atom is 0.164 e. The average molecular weight is 264 g/mol. The Bertz CT molecular complexity index is 886. The van der Waals surface area contributed by atoms with E-state index in [2.05, 4.69) is 30.6 Å². The van der Waals surface area contributed by atoms with Crippen LogP contribution in [0.2, 0.25) is 0 Å². The number of hydrogen-bond donors (Lipinski definition) is 0. The highest BCUT2D eigenvalue weighted by molar-refractivity contribution is 7.12. The van der Waals surface area contributed by atoms with Crippen molar-refractivity contribution in [3.63, 3.8) is 0 Å². The minimum atomic E-state index is 0.710. The molecule has 0 atom stereocenters. The zero-order valence-electron chi connectivity index (χ0n) is 9.61. The van der Waals surface area contributed by atoms with E-state index in [0.717, 1.165) is 27.0 Å². The van der Waals surface area contributed by atoms with E-state index < -0.39 is 0 Å². The quantitative estimate of drug-likeness (QED) is 0.528. The molecule has 0 saturated carbocycles. The molecule has 0 unspecified atom stereocenters. The van der Waals surface area contributed by atoms with Crippen LogP contribution in [-0.4, -0.2) is 24.5 Å². The molecule has 89 valence electrons. The molecule has 4 heterocycles. The van der Waals surface area contributed by atoms with Gasteiger partial charge in [0.05, 0.1) is 5.69 Å². The lowest BCUT2D eigenvalue weighted by Gasteiger charge is -2.02. The SMILES string of the molecule is [c]1cnc2snnc2c1-c1ccc2cccnc2n1. The first-order chi connectivity index (χ1) is 9.42. The van der Waals surface area contributed by atoms with E-state index in [1.165, 1.54) is 11.5 Å². The normalized spacial score (nSPS) is 11.2. The fourth-order valence-corrected chi connectivity index (χ4v) is 2.47. The molecule has 0 spiro atoms. The molecule has 0 saturated heterocycles. The highest BCUT2D eigenvalue weighted by Gasteiger charge is 2.10. The molecule has 0 aliphatic rings. The summed E-state index contributed by atoms with van der Waals surface area (Å²) in [6, 6.07) is 10.9. The summed E-state index contributed by atoms with van der Waals surface area (Å²) in [6.45, 7) is 0. The molecule has 0 amide bonds. The Morgan fingerprint density at radius 1 is 1.11 bits per heavy atom. The van der Waals surface area contributed by atoms with Crippen molar-refractivity contribution in [2.45, 2.75) is 0 Å². The summed E-state index contributed by atoms with van der Waals surface area (Å²) in [5.41, 5.74) is 3.04. The molecular weight excluding hydrogens is 258 g/mol. The van der Waals surface area contributed by atoms with Crippen molar-refractivity contribution in [2.24, 2.45) is 0 Å². The van der Waals surface area contributed by atoms with Gasteiger partial charge < -0.3 is 0 Å². The predicted octanol–water partition coefficient (Wildman–Crippen LogP) is 2.50. The zero-order valence-corrected chi connectivity index (χ0v) is 10.4. The van der Waals surface area contributed by atoms with Crippen LogP contribution in [0.3, 0.4) is 0 Å². The number of rotatable bonds is 1. The molecule has 4 aromatic heterocycles. The maximum atomic E-state index is 4.54. The smallest absolute Gasteiger partial charge is 0.164 e. The zero-order chi connectivity index (χ0) is 12.7. The Kier molecular flexibility index (Phi) is 2.22. The summed E-state index contributed by atoms with van der Waals surface area (Å²) >= 11 is 1.26. The van der Waals surface area contributed by atoms with Crippen molar-refractivity contribution >= 4 is 32.9 Å². The van der Waals surface area contributed by atoms with Gasteiger partial charge in [-0.3, -0.25) is 0 Å². The summed E-state index contributed by atoms with van der Waals surface area (Å²) in [5.74, 6) is 0. The van der Waals surface area contributed by atoms with E-state index in [9.17, 15) is 0 Å². The first-order valence-corrected chi connectivity index (χ1v) is 6.40. The first kappa shape index (κ1) is 10.5. The van der Waals surface area contributed by atoms with Crippen molar-refractivity contribution in [3.8, 4) is 11.3 Å². The summed E-state index contributed by atoms with van der Waals surface area (Å²) in [6.07, 6.45) is 3.36. The van der Waals surface area contributed by atoms with Crippen LogP contribution < -0.4 is 0 Å². The molecular formula is C13H6N5S. The molecule has 0 bridgehead atoms. The second kappa shape index (κ2) is 4.03. The third kappa shape index (κ3) is 1.65. The molecule has 0 N–H and O–H groups in total. The Labute approximate surface area is 112 Å². The lowest BCUT2D eigenvalue weighted by atomic mass is 10.1. The molecule has 4 aromatic rings.